The monoisotopic (exact) mass is 326 g/mol. The number of carbonyl (C=O) groups excluding carboxylic acids is 1. The van der Waals surface area contributed by atoms with Crippen LogP contribution in [0.4, 0.5) is 0 Å². The summed E-state index contributed by atoms with van der Waals surface area (Å²) in [6.07, 6.45) is 0.809. The van der Waals surface area contributed by atoms with Gasteiger partial charge in [-0.3, -0.25) is 4.79 Å². The van der Waals surface area contributed by atoms with Crippen molar-refractivity contribution in [2.75, 3.05) is 20.3 Å². The average molecular weight is 326 g/mol. The van der Waals surface area contributed by atoms with Gasteiger partial charge in [0.1, 0.15) is 5.69 Å². The van der Waals surface area contributed by atoms with Crippen molar-refractivity contribution >= 4 is 16.8 Å². The van der Waals surface area contributed by atoms with E-state index in [2.05, 4.69) is 10.3 Å². The number of para-hydroxylation sites is 1. The van der Waals surface area contributed by atoms with Crippen molar-refractivity contribution < 1.29 is 19.1 Å². The summed E-state index contributed by atoms with van der Waals surface area (Å²) in [7, 11) is 1.50. The number of benzene rings is 1. The van der Waals surface area contributed by atoms with Gasteiger partial charge in [0.25, 0.3) is 5.91 Å². The summed E-state index contributed by atoms with van der Waals surface area (Å²) in [4.78, 5) is 17.1. The predicted octanol–water partition coefficient (Wildman–Crippen LogP) is 2.23. The van der Waals surface area contributed by atoms with Crippen molar-refractivity contribution in [2.45, 2.75) is 6.10 Å². The van der Waals surface area contributed by atoms with Crippen molar-refractivity contribution in [3.05, 3.63) is 54.3 Å². The number of nitrogens with zero attached hydrogens (tertiary/aromatic N) is 1. The Kier molecular flexibility index (Phi) is 4.88. The van der Waals surface area contributed by atoms with E-state index in [0.29, 0.717) is 22.5 Å². The van der Waals surface area contributed by atoms with Crippen LogP contribution in [-0.2, 0) is 4.74 Å². The molecule has 1 aromatic carbocycles. The number of aliphatic hydroxyl groups is 1. The van der Waals surface area contributed by atoms with Gasteiger partial charge in [-0.2, -0.15) is 0 Å². The highest BCUT2D eigenvalue weighted by Gasteiger charge is 2.15. The number of hydrogen-bond acceptors (Lipinski definition) is 5. The molecule has 6 nitrogen and oxygen atoms in total. The molecule has 1 unspecified atom stereocenters. The van der Waals surface area contributed by atoms with Crippen molar-refractivity contribution in [3.8, 4) is 11.5 Å². The van der Waals surface area contributed by atoms with Gasteiger partial charge < -0.3 is 19.6 Å². The lowest BCUT2D eigenvalue weighted by atomic mass is 10.1. The molecule has 0 aliphatic rings. The van der Waals surface area contributed by atoms with Crippen molar-refractivity contribution in [3.63, 3.8) is 0 Å². The van der Waals surface area contributed by atoms with Crippen LogP contribution in [-0.4, -0.2) is 42.4 Å². The van der Waals surface area contributed by atoms with Gasteiger partial charge in [-0.05, 0) is 24.3 Å². The number of aliphatic hydroxyl groups excluding tert-OH is 1. The number of furan rings is 1. The van der Waals surface area contributed by atoms with Gasteiger partial charge in [0.2, 0.25) is 0 Å². The van der Waals surface area contributed by atoms with Gasteiger partial charge in [-0.25, -0.2) is 4.98 Å². The van der Waals surface area contributed by atoms with Crippen LogP contribution >= 0.6 is 0 Å². The molecule has 0 spiro atoms. The fraction of sp³-hybridized carbons (Fsp3) is 0.222. The van der Waals surface area contributed by atoms with E-state index in [4.69, 9.17) is 9.15 Å². The van der Waals surface area contributed by atoms with Crippen LogP contribution in [0.25, 0.3) is 22.4 Å². The fourth-order valence-electron chi connectivity index (χ4n) is 2.47. The number of pyridine rings is 1. The summed E-state index contributed by atoms with van der Waals surface area (Å²) < 4.78 is 10.2. The molecule has 3 aromatic rings. The first-order chi connectivity index (χ1) is 11.7. The van der Waals surface area contributed by atoms with E-state index in [0.717, 1.165) is 5.39 Å². The molecule has 24 heavy (non-hydrogen) atoms. The lowest BCUT2D eigenvalue weighted by molar-refractivity contribution is 0.0610. The summed E-state index contributed by atoms with van der Waals surface area (Å²) in [6, 6.07) is 12.7. The largest absolute Gasteiger partial charge is 0.463 e. The van der Waals surface area contributed by atoms with Gasteiger partial charge in [0.15, 0.2) is 5.76 Å². The highest BCUT2D eigenvalue weighted by molar-refractivity contribution is 6.07. The molecular formula is C18H18N2O4. The Bertz CT molecular complexity index is 830. The van der Waals surface area contributed by atoms with Crippen molar-refractivity contribution in [2.24, 2.45) is 0 Å². The van der Waals surface area contributed by atoms with E-state index in [1.807, 2.05) is 24.3 Å². The Morgan fingerprint density at radius 3 is 2.92 bits per heavy atom. The Morgan fingerprint density at radius 2 is 2.17 bits per heavy atom. The highest BCUT2D eigenvalue weighted by Crippen LogP contribution is 2.25. The van der Waals surface area contributed by atoms with Crippen molar-refractivity contribution in [1.82, 2.24) is 10.3 Å². The molecule has 0 fully saturated rings. The molecule has 2 aromatic heterocycles. The lowest BCUT2D eigenvalue weighted by Crippen LogP contribution is -2.34. The zero-order chi connectivity index (χ0) is 16.9. The van der Waals surface area contributed by atoms with Gasteiger partial charge >= 0.3 is 0 Å². The molecule has 0 aliphatic heterocycles. The average Bonchev–Trinajstić information content (AvgIpc) is 3.13. The third-order valence-corrected chi connectivity index (χ3v) is 3.59. The second-order valence-corrected chi connectivity index (χ2v) is 5.37. The third kappa shape index (κ3) is 3.45. The van der Waals surface area contributed by atoms with Crippen LogP contribution in [0.5, 0.6) is 0 Å². The molecule has 1 atom stereocenters. The predicted molar refractivity (Wildman–Crippen MR) is 89.7 cm³/mol. The molecule has 0 saturated heterocycles. The summed E-state index contributed by atoms with van der Waals surface area (Å²) in [5, 5.41) is 13.2. The van der Waals surface area contributed by atoms with E-state index in [9.17, 15) is 9.90 Å². The molecule has 0 radical (unpaired) electrons. The summed E-state index contributed by atoms with van der Waals surface area (Å²) in [5.74, 6) is 0.311. The Labute approximate surface area is 139 Å². The number of carbonyl (C=O) groups is 1. The van der Waals surface area contributed by atoms with E-state index in [1.54, 1.807) is 24.5 Å². The number of rotatable bonds is 6. The van der Waals surface area contributed by atoms with E-state index < -0.39 is 6.10 Å². The van der Waals surface area contributed by atoms with Gasteiger partial charge in [0, 0.05) is 19.0 Å². The van der Waals surface area contributed by atoms with Gasteiger partial charge in [-0.1, -0.05) is 18.2 Å². The zero-order valence-electron chi connectivity index (χ0n) is 13.2. The standard InChI is InChI=1S/C18H18N2O4/c1-23-11-12(21)10-19-18(22)14-9-16(17-7-4-8-24-17)20-15-6-3-2-5-13(14)15/h2-9,12,21H,10-11H2,1H3,(H,19,22). The van der Waals surface area contributed by atoms with Gasteiger partial charge in [0.05, 0.1) is 30.1 Å². The van der Waals surface area contributed by atoms with Crippen LogP contribution in [0.2, 0.25) is 0 Å². The number of amides is 1. The van der Waals surface area contributed by atoms with E-state index in [-0.39, 0.29) is 19.1 Å². The van der Waals surface area contributed by atoms with Crippen LogP contribution in [0.15, 0.2) is 53.1 Å². The highest BCUT2D eigenvalue weighted by atomic mass is 16.5. The number of ether oxygens (including phenoxy) is 1. The summed E-state index contributed by atoms with van der Waals surface area (Å²) in [6.45, 7) is 0.272. The second kappa shape index (κ2) is 7.25. The normalized spacial score (nSPS) is 12.2. The van der Waals surface area contributed by atoms with Crippen LogP contribution in [0.3, 0.4) is 0 Å². The first-order valence-electron chi connectivity index (χ1n) is 7.58. The van der Waals surface area contributed by atoms with E-state index >= 15 is 0 Å². The minimum atomic E-state index is -0.753. The first-order valence-corrected chi connectivity index (χ1v) is 7.58. The molecule has 1 amide bonds. The molecule has 3 rings (SSSR count). The zero-order valence-corrected chi connectivity index (χ0v) is 13.2. The number of methoxy groups -OCH3 is 1. The smallest absolute Gasteiger partial charge is 0.252 e. The SMILES string of the molecule is COCC(O)CNC(=O)c1cc(-c2ccco2)nc2ccccc12. The first kappa shape index (κ1) is 16.2. The number of aromatic nitrogens is 1. The topological polar surface area (TPSA) is 84.6 Å². The molecule has 2 heterocycles. The third-order valence-electron chi connectivity index (χ3n) is 3.59. The maximum atomic E-state index is 12.6. The Balaban J connectivity index is 1.95. The Hall–Kier alpha value is -2.70. The van der Waals surface area contributed by atoms with Gasteiger partial charge in [-0.15, -0.1) is 0 Å². The minimum Gasteiger partial charge on any atom is -0.463 e. The maximum absolute atomic E-state index is 12.6. The molecule has 0 saturated carbocycles. The molecular weight excluding hydrogens is 308 g/mol. The molecule has 0 bridgehead atoms. The number of nitrogens with one attached hydrogen (secondary N) is 1. The molecule has 6 heteroatoms. The second-order valence-electron chi connectivity index (χ2n) is 5.37. The van der Waals surface area contributed by atoms with E-state index in [1.165, 1.54) is 7.11 Å². The van der Waals surface area contributed by atoms with Crippen LogP contribution < -0.4 is 5.32 Å². The van der Waals surface area contributed by atoms with Crippen molar-refractivity contribution in [1.29, 1.82) is 0 Å². The van der Waals surface area contributed by atoms with Crippen LogP contribution in [0, 0.1) is 0 Å². The van der Waals surface area contributed by atoms with Crippen LogP contribution in [0.1, 0.15) is 10.4 Å². The quantitative estimate of drug-likeness (QED) is 0.725. The lowest BCUT2D eigenvalue weighted by Gasteiger charge is -2.12. The minimum absolute atomic E-state index is 0.111. The number of fused-ring (bicyclic) bond motifs is 1. The molecule has 2 N–H and O–H groups in total. The Morgan fingerprint density at radius 1 is 1.33 bits per heavy atom. The fourth-order valence-corrected chi connectivity index (χ4v) is 2.47. The summed E-state index contributed by atoms with van der Waals surface area (Å²) >= 11 is 0. The number of hydrogen-bond donors (Lipinski definition) is 2. The molecule has 124 valence electrons. The molecule has 0 aliphatic carbocycles. The maximum Gasteiger partial charge on any atom is 0.252 e. The summed E-state index contributed by atoms with van der Waals surface area (Å²) in [5.41, 5.74) is 1.77.